The fraction of sp³-hybridized carbons (Fsp3) is 0.235. The normalized spacial score (nSPS) is 11.0. The predicted molar refractivity (Wildman–Crippen MR) is 92.4 cm³/mol. The van der Waals surface area contributed by atoms with Gasteiger partial charge in [-0.05, 0) is 23.6 Å². The van der Waals surface area contributed by atoms with Crippen LogP contribution in [0.25, 0.3) is 16.8 Å². The SMILES string of the molecule is C#CCOc1nc2c(-c3ccc(Cl)c(F)c3)c(C(C)C)nn2c(=O)[nH]1. The second-order valence-electron chi connectivity index (χ2n) is 5.62. The van der Waals surface area contributed by atoms with Crippen LogP contribution in [0, 0.1) is 18.2 Å². The number of rotatable bonds is 4. The van der Waals surface area contributed by atoms with Crippen molar-refractivity contribution in [3.05, 3.63) is 45.2 Å². The fourth-order valence-electron chi connectivity index (χ4n) is 2.45. The molecule has 0 spiro atoms. The van der Waals surface area contributed by atoms with E-state index in [2.05, 4.69) is 21.0 Å². The van der Waals surface area contributed by atoms with Crippen molar-refractivity contribution >= 4 is 17.2 Å². The molecule has 25 heavy (non-hydrogen) atoms. The molecule has 0 saturated carbocycles. The lowest BCUT2D eigenvalue weighted by Crippen LogP contribution is -2.20. The maximum Gasteiger partial charge on any atom is 0.352 e. The molecule has 3 aromatic rings. The molecule has 0 aliphatic heterocycles. The van der Waals surface area contributed by atoms with E-state index in [1.54, 1.807) is 6.07 Å². The Morgan fingerprint density at radius 3 is 2.88 bits per heavy atom. The molecule has 0 saturated heterocycles. The molecule has 0 atom stereocenters. The number of H-pyrrole nitrogens is 1. The van der Waals surface area contributed by atoms with E-state index in [9.17, 15) is 9.18 Å². The molecule has 0 unspecified atom stereocenters. The van der Waals surface area contributed by atoms with Crippen molar-refractivity contribution in [2.24, 2.45) is 0 Å². The van der Waals surface area contributed by atoms with Crippen LogP contribution in [0.1, 0.15) is 25.5 Å². The quantitative estimate of drug-likeness (QED) is 0.726. The molecule has 0 aliphatic rings. The van der Waals surface area contributed by atoms with Crippen LogP contribution in [0.5, 0.6) is 6.01 Å². The first kappa shape index (κ1) is 17.0. The zero-order valence-corrected chi connectivity index (χ0v) is 14.3. The van der Waals surface area contributed by atoms with Crippen molar-refractivity contribution in [2.75, 3.05) is 6.61 Å². The van der Waals surface area contributed by atoms with E-state index >= 15 is 0 Å². The molecule has 6 nitrogen and oxygen atoms in total. The topological polar surface area (TPSA) is 72.3 Å². The third-order valence-electron chi connectivity index (χ3n) is 3.55. The fourth-order valence-corrected chi connectivity index (χ4v) is 2.57. The standard InChI is InChI=1S/C17H14ClFN4O2/c1-4-7-25-16-20-15-13(10-5-6-11(18)12(19)8-10)14(9(2)3)22-23(15)17(24)21-16/h1,5-6,8-9H,7H2,2-3H3,(H,20,21,24). The smallest absolute Gasteiger partial charge is 0.352 e. The van der Waals surface area contributed by atoms with Gasteiger partial charge in [0.2, 0.25) is 0 Å². The van der Waals surface area contributed by atoms with Gasteiger partial charge in [0.1, 0.15) is 5.82 Å². The molecule has 3 rings (SSSR count). The van der Waals surface area contributed by atoms with Gasteiger partial charge >= 0.3 is 11.7 Å². The minimum atomic E-state index is -0.568. The number of aromatic nitrogens is 4. The summed E-state index contributed by atoms with van der Waals surface area (Å²) in [5, 5.41) is 4.33. The molecule has 2 aromatic heterocycles. The largest absolute Gasteiger partial charge is 0.451 e. The highest BCUT2D eigenvalue weighted by Gasteiger charge is 2.21. The first-order valence-electron chi connectivity index (χ1n) is 7.47. The van der Waals surface area contributed by atoms with Crippen LogP contribution < -0.4 is 10.4 Å². The molecule has 1 N–H and O–H groups in total. The van der Waals surface area contributed by atoms with Crippen LogP contribution in [0.3, 0.4) is 0 Å². The van der Waals surface area contributed by atoms with Gasteiger partial charge in [-0.15, -0.1) is 6.42 Å². The minimum absolute atomic E-state index is 0.00942. The van der Waals surface area contributed by atoms with Crippen LogP contribution in [-0.2, 0) is 0 Å². The number of benzene rings is 1. The van der Waals surface area contributed by atoms with Crippen molar-refractivity contribution in [2.45, 2.75) is 19.8 Å². The van der Waals surface area contributed by atoms with E-state index in [0.717, 1.165) is 4.52 Å². The predicted octanol–water partition coefficient (Wildman–Crippen LogP) is 3.01. The zero-order valence-electron chi connectivity index (χ0n) is 13.5. The number of nitrogens with one attached hydrogen (secondary N) is 1. The molecule has 0 amide bonds. The van der Waals surface area contributed by atoms with E-state index in [1.165, 1.54) is 12.1 Å². The number of hydrogen-bond donors (Lipinski definition) is 1. The lowest BCUT2D eigenvalue weighted by Gasteiger charge is -2.07. The molecule has 0 fully saturated rings. The van der Waals surface area contributed by atoms with Crippen LogP contribution >= 0.6 is 11.6 Å². The average molecular weight is 361 g/mol. The highest BCUT2D eigenvalue weighted by molar-refractivity contribution is 6.30. The highest BCUT2D eigenvalue weighted by atomic mass is 35.5. The van der Waals surface area contributed by atoms with Gasteiger partial charge in [-0.1, -0.05) is 37.4 Å². The Hall–Kier alpha value is -2.85. The van der Waals surface area contributed by atoms with E-state index in [0.29, 0.717) is 16.8 Å². The number of terminal acetylenes is 1. The van der Waals surface area contributed by atoms with Gasteiger partial charge in [0, 0.05) is 0 Å². The van der Waals surface area contributed by atoms with Crippen LogP contribution in [0.15, 0.2) is 23.0 Å². The van der Waals surface area contributed by atoms with E-state index in [4.69, 9.17) is 22.8 Å². The molecule has 2 heterocycles. The Morgan fingerprint density at radius 2 is 2.24 bits per heavy atom. The zero-order chi connectivity index (χ0) is 18.1. The Morgan fingerprint density at radius 1 is 1.48 bits per heavy atom. The number of ether oxygens (including phenoxy) is 1. The summed E-state index contributed by atoms with van der Waals surface area (Å²) in [5.74, 6) is 1.71. The average Bonchev–Trinajstić information content (AvgIpc) is 2.96. The Balaban J connectivity index is 2.32. The second-order valence-corrected chi connectivity index (χ2v) is 6.03. The molecular weight excluding hydrogens is 347 g/mol. The molecule has 128 valence electrons. The van der Waals surface area contributed by atoms with E-state index in [-0.39, 0.29) is 29.2 Å². The Bertz CT molecular complexity index is 1050. The van der Waals surface area contributed by atoms with Gasteiger partial charge in [-0.25, -0.2) is 9.18 Å². The summed E-state index contributed by atoms with van der Waals surface area (Å²) in [4.78, 5) is 19.0. The Labute approximate surface area is 147 Å². The number of aromatic amines is 1. The van der Waals surface area contributed by atoms with Crippen molar-refractivity contribution in [3.63, 3.8) is 0 Å². The summed E-state index contributed by atoms with van der Waals surface area (Å²) in [6.07, 6.45) is 5.16. The third-order valence-corrected chi connectivity index (χ3v) is 3.86. The number of hydrogen-bond acceptors (Lipinski definition) is 4. The van der Waals surface area contributed by atoms with Gasteiger partial charge in [0.15, 0.2) is 12.3 Å². The minimum Gasteiger partial charge on any atom is -0.451 e. The van der Waals surface area contributed by atoms with E-state index < -0.39 is 11.5 Å². The van der Waals surface area contributed by atoms with Gasteiger partial charge in [0.25, 0.3) is 0 Å². The summed E-state index contributed by atoms with van der Waals surface area (Å²) in [7, 11) is 0. The molecule has 1 aromatic carbocycles. The lowest BCUT2D eigenvalue weighted by atomic mass is 9.99. The number of nitrogens with zero attached hydrogens (tertiary/aromatic N) is 3. The molecular formula is C17H14ClFN4O2. The monoisotopic (exact) mass is 360 g/mol. The van der Waals surface area contributed by atoms with Crippen molar-refractivity contribution in [3.8, 4) is 29.5 Å². The summed E-state index contributed by atoms with van der Waals surface area (Å²) in [5.41, 5.74) is 1.39. The maximum absolute atomic E-state index is 13.9. The number of halogens is 2. The van der Waals surface area contributed by atoms with Crippen molar-refractivity contribution < 1.29 is 9.13 Å². The summed E-state index contributed by atoms with van der Waals surface area (Å²) >= 11 is 5.77. The maximum atomic E-state index is 13.9. The third kappa shape index (κ3) is 3.08. The number of fused-ring (bicyclic) bond motifs is 1. The molecule has 0 radical (unpaired) electrons. The lowest BCUT2D eigenvalue weighted by molar-refractivity contribution is 0.337. The highest BCUT2D eigenvalue weighted by Crippen LogP contribution is 2.33. The van der Waals surface area contributed by atoms with Crippen molar-refractivity contribution in [1.82, 2.24) is 19.6 Å². The van der Waals surface area contributed by atoms with Crippen molar-refractivity contribution in [1.29, 1.82) is 0 Å². The van der Waals surface area contributed by atoms with Crippen LogP contribution in [-0.4, -0.2) is 26.2 Å². The molecule has 0 aliphatic carbocycles. The second kappa shape index (κ2) is 6.57. The summed E-state index contributed by atoms with van der Waals surface area (Å²) in [6.45, 7) is 3.79. The van der Waals surface area contributed by atoms with Crippen LogP contribution in [0.2, 0.25) is 5.02 Å². The van der Waals surface area contributed by atoms with Gasteiger partial charge in [-0.3, -0.25) is 4.98 Å². The first-order valence-corrected chi connectivity index (χ1v) is 7.84. The van der Waals surface area contributed by atoms with E-state index in [1.807, 2.05) is 13.8 Å². The van der Waals surface area contributed by atoms with Gasteiger partial charge < -0.3 is 4.74 Å². The molecule has 0 bridgehead atoms. The van der Waals surface area contributed by atoms with Crippen LogP contribution in [0.4, 0.5) is 4.39 Å². The summed E-state index contributed by atoms with van der Waals surface area (Å²) < 4.78 is 20.3. The van der Waals surface area contributed by atoms with Gasteiger partial charge in [0.05, 0.1) is 16.3 Å². The van der Waals surface area contributed by atoms with Gasteiger partial charge in [-0.2, -0.15) is 14.6 Å². The summed E-state index contributed by atoms with van der Waals surface area (Å²) in [6, 6.07) is 4.36. The first-order chi connectivity index (χ1) is 11.9. The Kier molecular flexibility index (Phi) is 4.47. The molecule has 8 heteroatoms.